The number of rotatable bonds is 3. The van der Waals surface area contributed by atoms with E-state index < -0.39 is 0 Å². The van der Waals surface area contributed by atoms with E-state index in [1.54, 1.807) is 6.26 Å². The SMILES string of the molecule is c1ccc(C(c2cncnc2)c2ccco2)cc1. The minimum atomic E-state index is 0.0439. The second-order valence-electron chi connectivity index (χ2n) is 4.03. The summed E-state index contributed by atoms with van der Waals surface area (Å²) in [5.74, 6) is 0.943. The highest BCUT2D eigenvalue weighted by molar-refractivity contribution is 5.37. The Labute approximate surface area is 105 Å². The number of hydrogen-bond donors (Lipinski definition) is 0. The summed E-state index contributed by atoms with van der Waals surface area (Å²) >= 11 is 0. The third-order valence-corrected chi connectivity index (χ3v) is 2.87. The first-order chi connectivity index (χ1) is 8.95. The number of hydrogen-bond acceptors (Lipinski definition) is 3. The largest absolute Gasteiger partial charge is 0.468 e. The van der Waals surface area contributed by atoms with Crippen LogP contribution in [-0.2, 0) is 0 Å². The van der Waals surface area contributed by atoms with Crippen LogP contribution in [-0.4, -0.2) is 9.97 Å². The molecule has 2 aromatic heterocycles. The third kappa shape index (κ3) is 2.02. The molecule has 0 amide bonds. The van der Waals surface area contributed by atoms with Crippen molar-refractivity contribution in [3.05, 3.63) is 84.3 Å². The smallest absolute Gasteiger partial charge is 0.115 e. The number of benzene rings is 1. The molecule has 3 nitrogen and oxygen atoms in total. The molecule has 3 rings (SSSR count). The molecular weight excluding hydrogens is 224 g/mol. The fourth-order valence-electron chi connectivity index (χ4n) is 2.08. The molecule has 1 aromatic carbocycles. The minimum absolute atomic E-state index is 0.0439. The molecule has 3 heteroatoms. The predicted molar refractivity (Wildman–Crippen MR) is 68.1 cm³/mol. The topological polar surface area (TPSA) is 38.9 Å². The quantitative estimate of drug-likeness (QED) is 0.700. The van der Waals surface area contributed by atoms with Crippen LogP contribution in [0.4, 0.5) is 0 Å². The van der Waals surface area contributed by atoms with Gasteiger partial charge in [0.05, 0.1) is 12.2 Å². The Balaban J connectivity index is 2.11. The molecule has 88 valence electrons. The molecular formula is C15H12N2O. The van der Waals surface area contributed by atoms with Crippen molar-refractivity contribution < 1.29 is 4.42 Å². The second kappa shape index (κ2) is 4.84. The summed E-state index contributed by atoms with van der Waals surface area (Å²) in [6.45, 7) is 0. The summed E-state index contributed by atoms with van der Waals surface area (Å²) in [6, 6.07) is 14.1. The molecule has 0 aliphatic rings. The molecule has 0 saturated carbocycles. The summed E-state index contributed by atoms with van der Waals surface area (Å²) in [4.78, 5) is 8.18. The van der Waals surface area contributed by atoms with Crippen LogP contribution in [0.25, 0.3) is 0 Å². The van der Waals surface area contributed by atoms with Crippen LogP contribution in [0.3, 0.4) is 0 Å². The molecule has 2 heterocycles. The summed E-state index contributed by atoms with van der Waals surface area (Å²) < 4.78 is 5.55. The van der Waals surface area contributed by atoms with Gasteiger partial charge in [0.25, 0.3) is 0 Å². The van der Waals surface area contributed by atoms with Crippen LogP contribution < -0.4 is 0 Å². The van der Waals surface area contributed by atoms with Crippen LogP contribution in [0.15, 0.2) is 71.9 Å². The fraction of sp³-hybridized carbons (Fsp3) is 0.0667. The van der Waals surface area contributed by atoms with Gasteiger partial charge in [0.15, 0.2) is 0 Å². The summed E-state index contributed by atoms with van der Waals surface area (Å²) in [6.07, 6.45) is 6.88. The first kappa shape index (κ1) is 10.7. The first-order valence-corrected chi connectivity index (χ1v) is 5.78. The Bertz CT molecular complexity index is 551. The van der Waals surface area contributed by atoms with Crippen molar-refractivity contribution in [3.63, 3.8) is 0 Å². The molecule has 1 unspecified atom stereocenters. The van der Waals surface area contributed by atoms with Gasteiger partial charge in [-0.1, -0.05) is 30.3 Å². The van der Waals surface area contributed by atoms with Gasteiger partial charge in [0.2, 0.25) is 0 Å². The Morgan fingerprint density at radius 1 is 0.833 bits per heavy atom. The molecule has 18 heavy (non-hydrogen) atoms. The highest BCUT2D eigenvalue weighted by atomic mass is 16.3. The summed E-state index contributed by atoms with van der Waals surface area (Å²) in [5, 5.41) is 0. The lowest BCUT2D eigenvalue weighted by molar-refractivity contribution is 0.502. The van der Waals surface area contributed by atoms with Crippen LogP contribution in [0.2, 0.25) is 0 Å². The lowest BCUT2D eigenvalue weighted by Crippen LogP contribution is -2.03. The minimum Gasteiger partial charge on any atom is -0.468 e. The molecule has 0 aliphatic heterocycles. The first-order valence-electron chi connectivity index (χ1n) is 5.78. The summed E-state index contributed by atoms with van der Waals surface area (Å²) in [5.41, 5.74) is 2.20. The Morgan fingerprint density at radius 2 is 1.61 bits per heavy atom. The third-order valence-electron chi connectivity index (χ3n) is 2.87. The number of furan rings is 1. The highest BCUT2D eigenvalue weighted by Gasteiger charge is 2.19. The van der Waals surface area contributed by atoms with E-state index in [9.17, 15) is 0 Å². The van der Waals surface area contributed by atoms with Crippen LogP contribution in [0, 0.1) is 0 Å². The maximum absolute atomic E-state index is 5.55. The molecule has 1 atom stereocenters. The zero-order valence-electron chi connectivity index (χ0n) is 9.73. The molecule has 0 radical (unpaired) electrons. The van der Waals surface area contributed by atoms with Crippen molar-refractivity contribution in [3.8, 4) is 0 Å². The molecule has 0 aliphatic carbocycles. The van der Waals surface area contributed by atoms with Crippen molar-refractivity contribution in [2.24, 2.45) is 0 Å². The number of aromatic nitrogens is 2. The van der Waals surface area contributed by atoms with Crippen LogP contribution >= 0.6 is 0 Å². The normalized spacial score (nSPS) is 12.2. The lowest BCUT2D eigenvalue weighted by atomic mass is 9.91. The average molecular weight is 236 g/mol. The Morgan fingerprint density at radius 3 is 2.28 bits per heavy atom. The van der Waals surface area contributed by atoms with Crippen molar-refractivity contribution in [1.82, 2.24) is 9.97 Å². The van der Waals surface area contributed by atoms with Gasteiger partial charge in [-0.05, 0) is 17.7 Å². The Hall–Kier alpha value is -2.42. The standard InChI is InChI=1S/C15H12N2O/c1-2-5-12(6-3-1)15(14-7-4-8-18-14)13-9-16-11-17-10-13/h1-11,15H. The molecule has 0 saturated heterocycles. The highest BCUT2D eigenvalue weighted by Crippen LogP contribution is 2.30. The zero-order chi connectivity index (χ0) is 12.2. The van der Waals surface area contributed by atoms with Gasteiger partial charge >= 0.3 is 0 Å². The van der Waals surface area contributed by atoms with Crippen molar-refractivity contribution >= 4 is 0 Å². The predicted octanol–water partition coefficient (Wildman–Crippen LogP) is 3.25. The maximum Gasteiger partial charge on any atom is 0.115 e. The molecule has 0 spiro atoms. The van der Waals surface area contributed by atoms with Crippen molar-refractivity contribution in [1.29, 1.82) is 0 Å². The van der Waals surface area contributed by atoms with E-state index in [1.165, 1.54) is 11.9 Å². The van der Waals surface area contributed by atoms with Gasteiger partial charge in [0, 0.05) is 18.0 Å². The van der Waals surface area contributed by atoms with E-state index in [4.69, 9.17) is 4.42 Å². The average Bonchev–Trinajstić information content (AvgIpc) is 2.95. The van der Waals surface area contributed by atoms with E-state index in [0.717, 1.165) is 11.3 Å². The van der Waals surface area contributed by atoms with Gasteiger partial charge in [0.1, 0.15) is 12.1 Å². The summed E-state index contributed by atoms with van der Waals surface area (Å²) in [7, 11) is 0. The molecule has 0 bridgehead atoms. The van der Waals surface area contributed by atoms with E-state index in [1.807, 2.05) is 42.7 Å². The van der Waals surface area contributed by atoms with E-state index in [2.05, 4.69) is 22.1 Å². The van der Waals surface area contributed by atoms with E-state index >= 15 is 0 Å². The van der Waals surface area contributed by atoms with Crippen LogP contribution in [0.1, 0.15) is 22.8 Å². The fourth-order valence-corrected chi connectivity index (χ4v) is 2.08. The molecule has 0 fully saturated rings. The van der Waals surface area contributed by atoms with E-state index in [-0.39, 0.29) is 5.92 Å². The van der Waals surface area contributed by atoms with Crippen molar-refractivity contribution in [2.45, 2.75) is 5.92 Å². The maximum atomic E-state index is 5.55. The van der Waals surface area contributed by atoms with Gasteiger partial charge in [-0.3, -0.25) is 0 Å². The Kier molecular flexibility index (Phi) is 2.88. The van der Waals surface area contributed by atoms with E-state index in [0.29, 0.717) is 0 Å². The monoisotopic (exact) mass is 236 g/mol. The van der Waals surface area contributed by atoms with Crippen LogP contribution in [0.5, 0.6) is 0 Å². The molecule has 3 aromatic rings. The van der Waals surface area contributed by atoms with Gasteiger partial charge < -0.3 is 4.42 Å². The second-order valence-corrected chi connectivity index (χ2v) is 4.03. The number of nitrogens with zero attached hydrogens (tertiary/aromatic N) is 2. The lowest BCUT2D eigenvalue weighted by Gasteiger charge is -2.14. The van der Waals surface area contributed by atoms with Gasteiger partial charge in [-0.15, -0.1) is 0 Å². The zero-order valence-corrected chi connectivity index (χ0v) is 9.73. The molecule has 0 N–H and O–H groups in total. The van der Waals surface area contributed by atoms with Crippen molar-refractivity contribution in [2.75, 3.05) is 0 Å². The van der Waals surface area contributed by atoms with Gasteiger partial charge in [-0.25, -0.2) is 9.97 Å². The van der Waals surface area contributed by atoms with Gasteiger partial charge in [-0.2, -0.15) is 0 Å².